The SMILES string of the molecule is CN1CCN(C(=O)C[C@@H]2CC3(CCN(C(=O)N4CCOCC4)CC3)c3ccccc32)CC1. The van der Waals surface area contributed by atoms with Crippen LogP contribution in [-0.4, -0.2) is 104 Å². The fourth-order valence-electron chi connectivity index (χ4n) is 6.16. The molecule has 7 heteroatoms. The first-order chi connectivity index (χ1) is 15.6. The third-order valence-electron chi connectivity index (χ3n) is 8.16. The molecule has 0 bridgehead atoms. The van der Waals surface area contributed by atoms with E-state index in [0.29, 0.717) is 44.5 Å². The van der Waals surface area contributed by atoms with Gasteiger partial charge in [-0.15, -0.1) is 0 Å². The normalized spacial score (nSPS) is 25.8. The Labute approximate surface area is 191 Å². The van der Waals surface area contributed by atoms with Gasteiger partial charge in [0, 0.05) is 58.8 Å². The van der Waals surface area contributed by atoms with Crippen molar-refractivity contribution in [1.29, 1.82) is 0 Å². The molecule has 1 aromatic rings. The molecule has 1 atom stereocenters. The minimum Gasteiger partial charge on any atom is -0.378 e. The van der Waals surface area contributed by atoms with Crippen LogP contribution in [0, 0.1) is 0 Å². The molecule has 0 N–H and O–H groups in total. The minimum absolute atomic E-state index is 0.103. The third-order valence-corrected chi connectivity index (χ3v) is 8.16. The van der Waals surface area contributed by atoms with Crippen LogP contribution in [0.15, 0.2) is 24.3 Å². The van der Waals surface area contributed by atoms with Gasteiger partial charge in [0.1, 0.15) is 0 Å². The van der Waals surface area contributed by atoms with Gasteiger partial charge in [-0.1, -0.05) is 24.3 Å². The van der Waals surface area contributed by atoms with Crippen molar-refractivity contribution >= 4 is 11.9 Å². The molecule has 4 aliphatic rings. The van der Waals surface area contributed by atoms with Gasteiger partial charge in [-0.3, -0.25) is 4.79 Å². The molecule has 3 saturated heterocycles. The number of benzene rings is 1. The number of nitrogens with zero attached hydrogens (tertiary/aromatic N) is 4. The van der Waals surface area contributed by atoms with Crippen LogP contribution in [0.4, 0.5) is 4.79 Å². The van der Waals surface area contributed by atoms with E-state index in [9.17, 15) is 9.59 Å². The van der Waals surface area contributed by atoms with Crippen molar-refractivity contribution in [3.63, 3.8) is 0 Å². The summed E-state index contributed by atoms with van der Waals surface area (Å²) in [6.07, 6.45) is 3.61. The van der Waals surface area contributed by atoms with Crippen LogP contribution in [0.25, 0.3) is 0 Å². The number of fused-ring (bicyclic) bond motifs is 2. The van der Waals surface area contributed by atoms with Crippen LogP contribution >= 0.6 is 0 Å². The maximum atomic E-state index is 13.1. The van der Waals surface area contributed by atoms with Gasteiger partial charge in [-0.05, 0) is 48.8 Å². The molecule has 7 nitrogen and oxygen atoms in total. The fourth-order valence-corrected chi connectivity index (χ4v) is 6.16. The van der Waals surface area contributed by atoms with Crippen molar-refractivity contribution in [2.24, 2.45) is 0 Å². The maximum Gasteiger partial charge on any atom is 0.320 e. The average molecular weight is 441 g/mol. The Morgan fingerprint density at radius 1 is 0.906 bits per heavy atom. The summed E-state index contributed by atoms with van der Waals surface area (Å²) >= 11 is 0. The number of urea groups is 1. The van der Waals surface area contributed by atoms with Crippen molar-refractivity contribution in [2.75, 3.05) is 72.6 Å². The lowest BCUT2D eigenvalue weighted by molar-refractivity contribution is -0.133. The smallest absolute Gasteiger partial charge is 0.320 e. The molecule has 3 amide bonds. The topological polar surface area (TPSA) is 56.3 Å². The summed E-state index contributed by atoms with van der Waals surface area (Å²) in [5.41, 5.74) is 2.89. The molecule has 32 heavy (non-hydrogen) atoms. The van der Waals surface area contributed by atoms with E-state index in [1.165, 1.54) is 11.1 Å². The van der Waals surface area contributed by atoms with Gasteiger partial charge in [-0.25, -0.2) is 4.79 Å². The number of ether oxygens (including phenoxy) is 1. The van der Waals surface area contributed by atoms with Crippen molar-refractivity contribution < 1.29 is 14.3 Å². The lowest BCUT2D eigenvalue weighted by Gasteiger charge is -2.42. The summed E-state index contributed by atoms with van der Waals surface area (Å²) < 4.78 is 5.40. The number of carbonyl (C=O) groups excluding carboxylic acids is 2. The van der Waals surface area contributed by atoms with Gasteiger partial charge < -0.3 is 24.3 Å². The van der Waals surface area contributed by atoms with Crippen LogP contribution in [-0.2, 0) is 14.9 Å². The number of piperazine rings is 1. The number of hydrogen-bond donors (Lipinski definition) is 0. The second kappa shape index (κ2) is 9.02. The highest BCUT2D eigenvalue weighted by Gasteiger charge is 2.46. The summed E-state index contributed by atoms with van der Waals surface area (Å²) in [5.74, 6) is 0.592. The van der Waals surface area contributed by atoms with Gasteiger partial charge in [0.05, 0.1) is 13.2 Å². The van der Waals surface area contributed by atoms with Crippen LogP contribution in [0.2, 0.25) is 0 Å². The predicted octanol–water partition coefficient (Wildman–Crippen LogP) is 2.12. The lowest BCUT2D eigenvalue weighted by Crippen LogP contribution is -2.52. The van der Waals surface area contributed by atoms with E-state index in [4.69, 9.17) is 4.74 Å². The monoisotopic (exact) mass is 440 g/mol. The first-order valence-corrected chi connectivity index (χ1v) is 12.2. The highest BCUT2D eigenvalue weighted by atomic mass is 16.5. The van der Waals surface area contributed by atoms with E-state index in [2.05, 4.69) is 41.1 Å². The molecule has 5 rings (SSSR count). The number of hydrogen-bond acceptors (Lipinski definition) is 4. The Bertz CT molecular complexity index is 837. The van der Waals surface area contributed by atoms with Crippen LogP contribution in [0.5, 0.6) is 0 Å². The summed E-state index contributed by atoms with van der Waals surface area (Å²) in [5, 5.41) is 0. The Kier molecular flexibility index (Phi) is 6.12. The molecular weight excluding hydrogens is 404 g/mol. The molecule has 0 aromatic heterocycles. The lowest BCUT2D eigenvalue weighted by atomic mass is 9.73. The fraction of sp³-hybridized carbons (Fsp3) is 0.680. The molecule has 3 aliphatic heterocycles. The van der Waals surface area contributed by atoms with Crippen molar-refractivity contribution in [1.82, 2.24) is 19.6 Å². The molecule has 1 spiro atoms. The first-order valence-electron chi connectivity index (χ1n) is 12.2. The third kappa shape index (κ3) is 4.13. The second-order valence-corrected chi connectivity index (χ2v) is 10.0. The summed E-state index contributed by atoms with van der Waals surface area (Å²) in [7, 11) is 2.12. The number of likely N-dealkylation sites (N-methyl/N-ethyl adjacent to an activating group) is 1. The summed E-state index contributed by atoms with van der Waals surface area (Å²) in [4.78, 5) is 34.4. The zero-order chi connectivity index (χ0) is 22.1. The average Bonchev–Trinajstić information content (AvgIpc) is 3.13. The van der Waals surface area contributed by atoms with Crippen LogP contribution in [0.1, 0.15) is 42.7 Å². The van der Waals surface area contributed by atoms with E-state index in [1.807, 2.05) is 9.80 Å². The number of rotatable bonds is 2. The van der Waals surface area contributed by atoms with E-state index in [1.54, 1.807) is 0 Å². The van der Waals surface area contributed by atoms with Gasteiger partial charge in [0.25, 0.3) is 0 Å². The molecule has 3 fully saturated rings. The summed E-state index contributed by atoms with van der Waals surface area (Å²) in [6.45, 7) is 7.86. The molecule has 0 unspecified atom stereocenters. The number of morpholine rings is 1. The van der Waals surface area contributed by atoms with Crippen molar-refractivity contribution in [3.05, 3.63) is 35.4 Å². The maximum absolute atomic E-state index is 13.1. The summed E-state index contributed by atoms with van der Waals surface area (Å²) in [6, 6.07) is 8.92. The molecule has 3 heterocycles. The van der Waals surface area contributed by atoms with Crippen LogP contribution < -0.4 is 0 Å². The molecular formula is C25H36N4O3. The van der Waals surface area contributed by atoms with Crippen LogP contribution in [0.3, 0.4) is 0 Å². The largest absolute Gasteiger partial charge is 0.378 e. The zero-order valence-electron chi connectivity index (χ0n) is 19.3. The second-order valence-electron chi connectivity index (χ2n) is 10.0. The van der Waals surface area contributed by atoms with E-state index in [0.717, 1.165) is 58.5 Å². The Hall–Kier alpha value is -2.12. The van der Waals surface area contributed by atoms with E-state index >= 15 is 0 Å². The minimum atomic E-state index is 0.103. The highest BCUT2D eigenvalue weighted by molar-refractivity contribution is 5.78. The van der Waals surface area contributed by atoms with Gasteiger partial charge in [0.15, 0.2) is 0 Å². The van der Waals surface area contributed by atoms with Gasteiger partial charge >= 0.3 is 6.03 Å². The number of carbonyl (C=O) groups is 2. The zero-order valence-corrected chi connectivity index (χ0v) is 19.3. The Morgan fingerprint density at radius 2 is 1.56 bits per heavy atom. The van der Waals surface area contributed by atoms with E-state index < -0.39 is 0 Å². The number of likely N-dealkylation sites (tertiary alicyclic amines) is 1. The van der Waals surface area contributed by atoms with Crippen molar-refractivity contribution in [3.8, 4) is 0 Å². The number of piperidine rings is 1. The molecule has 174 valence electrons. The Balaban J connectivity index is 1.25. The molecule has 0 radical (unpaired) electrons. The molecule has 0 saturated carbocycles. The molecule has 1 aliphatic carbocycles. The van der Waals surface area contributed by atoms with Gasteiger partial charge in [0.2, 0.25) is 5.91 Å². The molecule has 1 aromatic carbocycles. The first kappa shape index (κ1) is 21.7. The predicted molar refractivity (Wildman–Crippen MR) is 123 cm³/mol. The standard InChI is InChI=1S/C25H36N4O3/c1-26-10-12-27(13-11-26)23(30)18-20-19-25(22-5-3-2-4-21(20)22)6-8-28(9-7-25)24(31)29-14-16-32-17-15-29/h2-5,20H,6-19H2,1H3/t20-/m1/s1. The van der Waals surface area contributed by atoms with Crippen molar-refractivity contribution in [2.45, 2.75) is 37.0 Å². The van der Waals surface area contributed by atoms with E-state index in [-0.39, 0.29) is 11.4 Å². The Morgan fingerprint density at radius 3 is 2.28 bits per heavy atom. The quantitative estimate of drug-likeness (QED) is 0.707. The highest BCUT2D eigenvalue weighted by Crippen LogP contribution is 2.52. The number of amides is 3. The van der Waals surface area contributed by atoms with Gasteiger partial charge in [-0.2, -0.15) is 0 Å².